The highest BCUT2D eigenvalue weighted by Crippen LogP contribution is 2.13. The Hall–Kier alpha value is -1.79. The summed E-state index contributed by atoms with van der Waals surface area (Å²) < 4.78 is 0. The largest absolute Gasteiger partial charge is 0.399 e. The van der Waals surface area contributed by atoms with Crippen LogP contribution in [0.15, 0.2) is 24.3 Å². The second kappa shape index (κ2) is 4.29. The summed E-state index contributed by atoms with van der Waals surface area (Å²) in [5, 5.41) is 8.75. The fourth-order valence-corrected chi connectivity index (χ4v) is 1.02. The summed E-state index contributed by atoms with van der Waals surface area (Å²) in [7, 11) is 0. The molecule has 0 amide bonds. The fraction of sp³-hybridized carbons (Fsp3) is 0.100. The highest BCUT2D eigenvalue weighted by molar-refractivity contribution is 5.62. The summed E-state index contributed by atoms with van der Waals surface area (Å²) >= 11 is 0. The summed E-state index contributed by atoms with van der Waals surface area (Å²) in [4.78, 5) is 0. The monoisotopic (exact) mass is 173 g/mol. The average molecular weight is 173 g/mol. The molecule has 66 valence electrons. The van der Waals surface area contributed by atoms with Crippen molar-refractivity contribution >= 4 is 11.8 Å². The van der Waals surface area contributed by atoms with Crippen molar-refractivity contribution in [2.75, 3.05) is 12.3 Å². The normalized spacial score (nSPS) is 10.2. The Morgan fingerprint density at radius 3 is 2.85 bits per heavy atom. The smallest absolute Gasteiger partial charge is 0.0997 e. The van der Waals surface area contributed by atoms with E-state index in [9.17, 15) is 0 Å². The highest BCUT2D eigenvalue weighted by atomic mass is 14.5. The maximum Gasteiger partial charge on any atom is 0.0997 e. The molecule has 0 bridgehead atoms. The lowest BCUT2D eigenvalue weighted by molar-refractivity contribution is 1.26. The van der Waals surface area contributed by atoms with Gasteiger partial charge in [-0.05, 0) is 23.8 Å². The summed E-state index contributed by atoms with van der Waals surface area (Å²) in [5.41, 5.74) is 13.0. The molecule has 0 aliphatic carbocycles. The Bertz CT molecular complexity index is 361. The predicted molar refractivity (Wildman–Crippen MR) is 53.7 cm³/mol. The molecule has 0 spiro atoms. The van der Waals surface area contributed by atoms with Crippen LogP contribution in [-0.4, -0.2) is 6.54 Å². The summed E-state index contributed by atoms with van der Waals surface area (Å²) in [5.74, 6) is 0. The van der Waals surface area contributed by atoms with E-state index < -0.39 is 0 Å². The molecular formula is C10H11N3. The third-order valence-corrected chi connectivity index (χ3v) is 1.63. The van der Waals surface area contributed by atoms with Crippen LogP contribution in [0.3, 0.4) is 0 Å². The number of nitrogens with two attached hydrogens (primary N) is 2. The Labute approximate surface area is 77.3 Å². The van der Waals surface area contributed by atoms with Crippen molar-refractivity contribution in [1.82, 2.24) is 0 Å². The van der Waals surface area contributed by atoms with Gasteiger partial charge in [0.2, 0.25) is 0 Å². The zero-order chi connectivity index (χ0) is 9.68. The number of rotatable bonds is 2. The standard InChI is InChI=1S/C10H11N3/c11-5-1-2-8-6-10(13)4-3-9(8)7-12/h1-4,6H,5,11,13H2. The molecule has 3 heteroatoms. The van der Waals surface area contributed by atoms with Crippen molar-refractivity contribution in [3.63, 3.8) is 0 Å². The van der Waals surface area contributed by atoms with Crippen LogP contribution >= 0.6 is 0 Å². The van der Waals surface area contributed by atoms with Crippen molar-refractivity contribution in [2.45, 2.75) is 0 Å². The lowest BCUT2D eigenvalue weighted by atomic mass is 10.1. The van der Waals surface area contributed by atoms with E-state index in [1.54, 1.807) is 30.4 Å². The van der Waals surface area contributed by atoms with Crippen LogP contribution in [-0.2, 0) is 0 Å². The van der Waals surface area contributed by atoms with Crippen LogP contribution in [0.1, 0.15) is 11.1 Å². The van der Waals surface area contributed by atoms with Gasteiger partial charge in [0.25, 0.3) is 0 Å². The molecule has 0 radical (unpaired) electrons. The van der Waals surface area contributed by atoms with Crippen molar-refractivity contribution in [2.24, 2.45) is 5.73 Å². The molecule has 3 nitrogen and oxygen atoms in total. The molecule has 0 saturated carbocycles. The van der Waals surface area contributed by atoms with Gasteiger partial charge in [0.1, 0.15) is 0 Å². The van der Waals surface area contributed by atoms with Crippen LogP contribution < -0.4 is 11.5 Å². The Kier molecular flexibility index (Phi) is 3.07. The summed E-state index contributed by atoms with van der Waals surface area (Å²) in [6, 6.07) is 7.25. The van der Waals surface area contributed by atoms with Crippen LogP contribution in [0.2, 0.25) is 0 Å². The van der Waals surface area contributed by atoms with E-state index in [1.165, 1.54) is 0 Å². The van der Waals surface area contributed by atoms with Crippen LogP contribution in [0.4, 0.5) is 5.69 Å². The van der Waals surface area contributed by atoms with Gasteiger partial charge in [-0.2, -0.15) is 5.26 Å². The minimum absolute atomic E-state index is 0.458. The molecule has 0 aromatic heterocycles. The third kappa shape index (κ3) is 2.32. The zero-order valence-corrected chi connectivity index (χ0v) is 7.20. The molecule has 13 heavy (non-hydrogen) atoms. The van der Waals surface area contributed by atoms with Crippen molar-refractivity contribution in [3.05, 3.63) is 35.4 Å². The quantitative estimate of drug-likeness (QED) is 0.658. The summed E-state index contributed by atoms with van der Waals surface area (Å²) in [6.07, 6.45) is 3.59. The van der Waals surface area contributed by atoms with E-state index in [-0.39, 0.29) is 0 Å². The molecule has 0 heterocycles. The van der Waals surface area contributed by atoms with Crippen LogP contribution in [0, 0.1) is 11.3 Å². The maximum absolute atomic E-state index is 8.75. The van der Waals surface area contributed by atoms with Gasteiger partial charge >= 0.3 is 0 Å². The third-order valence-electron chi connectivity index (χ3n) is 1.63. The number of nitrogens with zero attached hydrogens (tertiary/aromatic N) is 1. The number of nitriles is 1. The fourth-order valence-electron chi connectivity index (χ4n) is 1.02. The molecule has 0 atom stereocenters. The topological polar surface area (TPSA) is 75.8 Å². The van der Waals surface area contributed by atoms with E-state index in [4.69, 9.17) is 16.7 Å². The molecular weight excluding hydrogens is 162 g/mol. The molecule has 1 aromatic rings. The summed E-state index contributed by atoms with van der Waals surface area (Å²) in [6.45, 7) is 0.458. The minimum Gasteiger partial charge on any atom is -0.399 e. The molecule has 0 aliphatic heterocycles. The van der Waals surface area contributed by atoms with Crippen molar-refractivity contribution in [3.8, 4) is 6.07 Å². The molecule has 0 unspecified atom stereocenters. The predicted octanol–water partition coefficient (Wildman–Crippen LogP) is 1.11. The zero-order valence-electron chi connectivity index (χ0n) is 7.20. The molecule has 0 aliphatic rings. The van der Waals surface area contributed by atoms with Gasteiger partial charge in [0.15, 0.2) is 0 Å². The highest BCUT2D eigenvalue weighted by Gasteiger charge is 1.97. The van der Waals surface area contributed by atoms with Crippen molar-refractivity contribution < 1.29 is 0 Å². The average Bonchev–Trinajstić information content (AvgIpc) is 2.15. The Morgan fingerprint density at radius 1 is 1.46 bits per heavy atom. The van der Waals surface area contributed by atoms with Gasteiger partial charge < -0.3 is 11.5 Å². The van der Waals surface area contributed by atoms with Crippen LogP contribution in [0.5, 0.6) is 0 Å². The van der Waals surface area contributed by atoms with E-state index >= 15 is 0 Å². The van der Waals surface area contributed by atoms with E-state index in [0.29, 0.717) is 17.8 Å². The lowest BCUT2D eigenvalue weighted by Gasteiger charge is -1.98. The SMILES string of the molecule is N#Cc1ccc(N)cc1C=CCN. The first-order chi connectivity index (χ1) is 6.27. The second-order valence-electron chi connectivity index (χ2n) is 2.60. The van der Waals surface area contributed by atoms with Crippen LogP contribution in [0.25, 0.3) is 6.08 Å². The Morgan fingerprint density at radius 2 is 2.23 bits per heavy atom. The number of benzene rings is 1. The second-order valence-corrected chi connectivity index (χ2v) is 2.60. The molecule has 0 fully saturated rings. The van der Waals surface area contributed by atoms with Gasteiger partial charge in [0, 0.05) is 12.2 Å². The van der Waals surface area contributed by atoms with Gasteiger partial charge in [0.05, 0.1) is 11.6 Å². The number of hydrogen-bond donors (Lipinski definition) is 2. The Balaban J connectivity index is 3.10. The van der Waals surface area contributed by atoms with Gasteiger partial charge in [-0.25, -0.2) is 0 Å². The van der Waals surface area contributed by atoms with E-state index in [0.717, 1.165) is 5.56 Å². The molecule has 0 saturated heterocycles. The maximum atomic E-state index is 8.75. The lowest BCUT2D eigenvalue weighted by Crippen LogP contribution is -1.93. The van der Waals surface area contributed by atoms with Gasteiger partial charge in [-0.15, -0.1) is 0 Å². The minimum atomic E-state index is 0.458. The molecule has 1 rings (SSSR count). The first-order valence-electron chi connectivity index (χ1n) is 3.94. The first-order valence-corrected chi connectivity index (χ1v) is 3.94. The number of nitrogen functional groups attached to an aromatic ring is 1. The van der Waals surface area contributed by atoms with Crippen molar-refractivity contribution in [1.29, 1.82) is 5.26 Å². The molecule has 4 N–H and O–H groups in total. The van der Waals surface area contributed by atoms with E-state index in [2.05, 4.69) is 6.07 Å². The van der Waals surface area contributed by atoms with Gasteiger partial charge in [-0.1, -0.05) is 12.2 Å². The van der Waals surface area contributed by atoms with Gasteiger partial charge in [-0.3, -0.25) is 0 Å². The first kappa shape index (κ1) is 9.30. The van der Waals surface area contributed by atoms with E-state index in [1.807, 2.05) is 0 Å². The molecule has 1 aromatic carbocycles. The number of anilines is 1. The number of hydrogen-bond acceptors (Lipinski definition) is 3.